The van der Waals surface area contributed by atoms with Crippen LogP contribution in [-0.2, 0) is 0 Å². The van der Waals surface area contributed by atoms with E-state index < -0.39 is 0 Å². The van der Waals surface area contributed by atoms with E-state index in [0.29, 0.717) is 5.56 Å². The predicted molar refractivity (Wildman–Crippen MR) is 83.4 cm³/mol. The molecule has 0 aromatic heterocycles. The highest BCUT2D eigenvalue weighted by Crippen LogP contribution is 2.24. The topological polar surface area (TPSA) is 46.3 Å². The molecule has 0 aliphatic heterocycles. The molecule has 3 heteroatoms. The van der Waals surface area contributed by atoms with Crippen molar-refractivity contribution in [3.05, 3.63) is 35.4 Å². The van der Waals surface area contributed by atoms with Crippen LogP contribution in [0, 0.1) is 17.3 Å². The van der Waals surface area contributed by atoms with E-state index in [4.69, 9.17) is 5.73 Å². The number of amides is 1. The maximum Gasteiger partial charge on any atom is 0.255 e. The van der Waals surface area contributed by atoms with Gasteiger partial charge >= 0.3 is 0 Å². The third-order valence-electron chi connectivity index (χ3n) is 3.64. The molecule has 2 N–H and O–H groups in total. The summed E-state index contributed by atoms with van der Waals surface area (Å²) in [4.78, 5) is 14.4. The van der Waals surface area contributed by atoms with Crippen LogP contribution in [-0.4, -0.2) is 30.4 Å². The van der Waals surface area contributed by atoms with Gasteiger partial charge in [-0.1, -0.05) is 44.7 Å². The molecule has 3 nitrogen and oxygen atoms in total. The summed E-state index contributed by atoms with van der Waals surface area (Å²) in [7, 11) is 1.84. The summed E-state index contributed by atoms with van der Waals surface area (Å²) >= 11 is 0. The number of hydrogen-bond donors (Lipinski definition) is 1. The van der Waals surface area contributed by atoms with Gasteiger partial charge in [-0.15, -0.1) is 0 Å². The Labute approximate surface area is 122 Å². The second-order valence-electron chi connectivity index (χ2n) is 6.01. The van der Waals surface area contributed by atoms with E-state index in [-0.39, 0.29) is 23.9 Å². The molecule has 1 unspecified atom stereocenters. The van der Waals surface area contributed by atoms with Crippen molar-refractivity contribution in [2.75, 3.05) is 13.6 Å². The molecule has 1 aromatic rings. The van der Waals surface area contributed by atoms with Crippen LogP contribution in [0.5, 0.6) is 0 Å². The van der Waals surface area contributed by atoms with E-state index in [1.165, 1.54) is 0 Å². The lowest BCUT2D eigenvalue weighted by atomic mass is 9.87. The average molecular weight is 272 g/mol. The maximum atomic E-state index is 12.6. The number of benzene rings is 1. The minimum Gasteiger partial charge on any atom is -0.338 e. The van der Waals surface area contributed by atoms with Gasteiger partial charge in [-0.05, 0) is 24.5 Å². The van der Waals surface area contributed by atoms with Gasteiger partial charge < -0.3 is 10.6 Å². The van der Waals surface area contributed by atoms with Crippen molar-refractivity contribution >= 4 is 5.91 Å². The number of nitrogens with two attached hydrogens (primary N) is 1. The molecule has 0 saturated heterocycles. The zero-order chi connectivity index (χ0) is 15.3. The Morgan fingerprint density at radius 2 is 1.95 bits per heavy atom. The van der Waals surface area contributed by atoms with Crippen LogP contribution in [0.2, 0.25) is 0 Å². The van der Waals surface area contributed by atoms with E-state index in [0.717, 1.165) is 5.56 Å². The largest absolute Gasteiger partial charge is 0.338 e. The smallest absolute Gasteiger partial charge is 0.255 e. The number of rotatable bonds is 2. The molecule has 0 aliphatic rings. The highest BCUT2D eigenvalue weighted by Gasteiger charge is 2.28. The van der Waals surface area contributed by atoms with Gasteiger partial charge in [0.05, 0.1) is 12.1 Å². The molecule has 1 atom stereocenters. The third kappa shape index (κ3) is 3.85. The first-order valence-corrected chi connectivity index (χ1v) is 6.84. The Kier molecular flexibility index (Phi) is 5.35. The predicted octanol–water partition coefficient (Wildman–Crippen LogP) is 2.50. The van der Waals surface area contributed by atoms with E-state index >= 15 is 0 Å². The molecule has 0 radical (unpaired) electrons. The fraction of sp³-hybridized carbons (Fsp3) is 0.471. The molecular weight excluding hydrogens is 248 g/mol. The lowest BCUT2D eigenvalue weighted by Gasteiger charge is -2.35. The summed E-state index contributed by atoms with van der Waals surface area (Å²) < 4.78 is 0. The van der Waals surface area contributed by atoms with Gasteiger partial charge in [-0.2, -0.15) is 0 Å². The van der Waals surface area contributed by atoms with Gasteiger partial charge in [0, 0.05) is 18.7 Å². The molecule has 20 heavy (non-hydrogen) atoms. The number of hydrogen-bond acceptors (Lipinski definition) is 2. The van der Waals surface area contributed by atoms with Crippen LogP contribution in [0.1, 0.15) is 43.6 Å². The Balaban J connectivity index is 3.09. The fourth-order valence-electron chi connectivity index (χ4n) is 1.87. The van der Waals surface area contributed by atoms with Crippen LogP contribution in [0.4, 0.5) is 0 Å². The molecule has 1 aromatic carbocycles. The van der Waals surface area contributed by atoms with Crippen molar-refractivity contribution in [3.8, 4) is 11.8 Å². The molecule has 0 bridgehead atoms. The monoisotopic (exact) mass is 272 g/mol. The van der Waals surface area contributed by atoms with Gasteiger partial charge in [0.25, 0.3) is 5.91 Å². The zero-order valence-corrected chi connectivity index (χ0v) is 13.0. The molecule has 0 aliphatic carbocycles. The number of carbonyl (C=O) groups is 1. The Morgan fingerprint density at radius 3 is 2.50 bits per heavy atom. The van der Waals surface area contributed by atoms with Crippen LogP contribution < -0.4 is 5.73 Å². The summed E-state index contributed by atoms with van der Waals surface area (Å²) in [5, 5.41) is 0. The molecule has 0 heterocycles. The first-order valence-electron chi connectivity index (χ1n) is 6.84. The number of carbonyl (C=O) groups excluding carboxylic acids is 1. The maximum absolute atomic E-state index is 12.6. The Bertz CT molecular complexity index is 532. The molecule has 0 fully saturated rings. The van der Waals surface area contributed by atoms with Crippen molar-refractivity contribution in [2.45, 2.75) is 33.7 Å². The van der Waals surface area contributed by atoms with Crippen molar-refractivity contribution in [3.63, 3.8) is 0 Å². The van der Waals surface area contributed by atoms with Gasteiger partial charge in [-0.25, -0.2) is 0 Å². The van der Waals surface area contributed by atoms with Gasteiger partial charge in [-0.3, -0.25) is 4.79 Å². The second kappa shape index (κ2) is 6.58. The van der Waals surface area contributed by atoms with Gasteiger partial charge in [0.15, 0.2) is 0 Å². The summed E-state index contributed by atoms with van der Waals surface area (Å²) in [6, 6.07) is 7.53. The quantitative estimate of drug-likeness (QED) is 0.841. The van der Waals surface area contributed by atoms with E-state index in [1.807, 2.05) is 31.3 Å². The van der Waals surface area contributed by atoms with E-state index in [2.05, 4.69) is 39.5 Å². The normalized spacial score (nSPS) is 12.3. The first-order chi connectivity index (χ1) is 9.29. The van der Waals surface area contributed by atoms with Crippen molar-refractivity contribution in [1.29, 1.82) is 0 Å². The van der Waals surface area contributed by atoms with Crippen LogP contribution in [0.3, 0.4) is 0 Å². The van der Waals surface area contributed by atoms with Crippen LogP contribution >= 0.6 is 0 Å². The minimum atomic E-state index is -0.00523. The Hall–Kier alpha value is -1.79. The molecule has 1 rings (SSSR count). The van der Waals surface area contributed by atoms with Crippen LogP contribution in [0.15, 0.2) is 24.3 Å². The molecule has 0 spiro atoms. The minimum absolute atomic E-state index is 0.00523. The Morgan fingerprint density at radius 1 is 1.35 bits per heavy atom. The third-order valence-corrected chi connectivity index (χ3v) is 3.64. The summed E-state index contributed by atoms with van der Waals surface area (Å²) in [5.74, 6) is 5.76. The summed E-state index contributed by atoms with van der Waals surface area (Å²) in [6.45, 7) is 8.73. The van der Waals surface area contributed by atoms with Gasteiger partial charge in [0.2, 0.25) is 0 Å². The van der Waals surface area contributed by atoms with Gasteiger partial charge in [0.1, 0.15) is 0 Å². The lowest BCUT2D eigenvalue weighted by molar-refractivity contribution is 0.0629. The van der Waals surface area contributed by atoms with Crippen molar-refractivity contribution in [1.82, 2.24) is 4.90 Å². The van der Waals surface area contributed by atoms with Crippen molar-refractivity contribution < 1.29 is 4.79 Å². The molecule has 0 saturated carbocycles. The van der Waals surface area contributed by atoms with E-state index in [9.17, 15) is 4.79 Å². The molecular formula is C17H24N2O. The first kappa shape index (κ1) is 16.3. The zero-order valence-electron chi connectivity index (χ0n) is 13.0. The standard InChI is InChI=1S/C17H24N2O/c1-13(17(2,3)4)19(5)16(20)15-11-7-6-9-14(15)10-8-12-18/h6-7,9,11,13H,12,18H2,1-5H3. The average Bonchev–Trinajstić information content (AvgIpc) is 2.42. The SMILES string of the molecule is CC(N(C)C(=O)c1ccccc1C#CCN)C(C)(C)C. The lowest BCUT2D eigenvalue weighted by Crippen LogP contribution is -2.43. The van der Waals surface area contributed by atoms with Crippen molar-refractivity contribution in [2.24, 2.45) is 11.1 Å². The summed E-state index contributed by atoms with van der Waals surface area (Å²) in [5.41, 5.74) is 6.79. The van der Waals surface area contributed by atoms with E-state index in [1.54, 1.807) is 4.90 Å². The summed E-state index contributed by atoms with van der Waals surface area (Å²) in [6.07, 6.45) is 0. The second-order valence-corrected chi connectivity index (χ2v) is 6.01. The molecule has 1 amide bonds. The molecule has 108 valence electrons. The fourth-order valence-corrected chi connectivity index (χ4v) is 1.87. The van der Waals surface area contributed by atoms with Crippen LogP contribution in [0.25, 0.3) is 0 Å². The number of nitrogens with zero attached hydrogens (tertiary/aromatic N) is 1. The highest BCUT2D eigenvalue weighted by molar-refractivity contribution is 5.96. The highest BCUT2D eigenvalue weighted by atomic mass is 16.2.